The average molecular weight is 295 g/mol. The summed E-state index contributed by atoms with van der Waals surface area (Å²) in [6.45, 7) is 2.59. The first kappa shape index (κ1) is 14.7. The number of ether oxygens (including phenoxy) is 2. The third-order valence-electron chi connectivity index (χ3n) is 2.80. The maximum atomic E-state index is 13.5. The monoisotopic (exact) mass is 294 g/mol. The smallest absolute Gasteiger partial charge is 0.161 e. The zero-order valence-corrected chi connectivity index (χ0v) is 12.0. The molecule has 0 aliphatic carbocycles. The molecule has 2 nitrogen and oxygen atoms in total. The zero-order valence-electron chi connectivity index (χ0n) is 11.2. The van der Waals surface area contributed by atoms with E-state index in [1.807, 2.05) is 19.1 Å². The van der Waals surface area contributed by atoms with E-state index >= 15 is 0 Å². The molecule has 0 bridgehead atoms. The molecule has 0 spiro atoms. The van der Waals surface area contributed by atoms with Crippen LogP contribution < -0.4 is 9.47 Å². The van der Waals surface area contributed by atoms with E-state index in [9.17, 15) is 4.39 Å². The molecule has 0 N–H and O–H groups in total. The molecule has 2 aromatic carbocycles. The van der Waals surface area contributed by atoms with Crippen molar-refractivity contribution in [2.24, 2.45) is 0 Å². The Kier molecular flexibility index (Phi) is 5.24. The fraction of sp³-hybridized carbons (Fsp3) is 0.250. The van der Waals surface area contributed by atoms with Crippen molar-refractivity contribution in [1.29, 1.82) is 0 Å². The third-order valence-corrected chi connectivity index (χ3v) is 3.11. The van der Waals surface area contributed by atoms with E-state index < -0.39 is 0 Å². The number of halogens is 2. The number of rotatable bonds is 6. The molecule has 0 unspecified atom stereocenters. The minimum atomic E-state index is -0.275. The molecule has 0 saturated carbocycles. The molecule has 0 atom stereocenters. The van der Waals surface area contributed by atoms with Gasteiger partial charge in [-0.1, -0.05) is 24.3 Å². The molecule has 0 aliphatic heterocycles. The molecule has 0 radical (unpaired) electrons. The molecular formula is C16H16ClFO2. The molecule has 0 amide bonds. The molecule has 20 heavy (non-hydrogen) atoms. The molecule has 0 fully saturated rings. The van der Waals surface area contributed by atoms with E-state index in [4.69, 9.17) is 21.1 Å². The Morgan fingerprint density at radius 2 is 1.85 bits per heavy atom. The molecule has 0 aliphatic rings. The molecule has 2 rings (SSSR count). The van der Waals surface area contributed by atoms with Crippen LogP contribution in [0.4, 0.5) is 4.39 Å². The van der Waals surface area contributed by atoms with Gasteiger partial charge in [0, 0.05) is 11.4 Å². The predicted molar refractivity (Wildman–Crippen MR) is 77.9 cm³/mol. The highest BCUT2D eigenvalue weighted by Crippen LogP contribution is 2.30. The Morgan fingerprint density at radius 3 is 2.55 bits per heavy atom. The van der Waals surface area contributed by atoms with Crippen molar-refractivity contribution in [3.05, 3.63) is 59.4 Å². The second kappa shape index (κ2) is 7.15. The molecule has 0 aromatic heterocycles. The quantitative estimate of drug-likeness (QED) is 0.728. The number of benzene rings is 2. The molecular weight excluding hydrogens is 279 g/mol. The minimum absolute atomic E-state index is 0.160. The van der Waals surface area contributed by atoms with Crippen LogP contribution in [0.2, 0.25) is 0 Å². The number of alkyl halides is 1. The largest absolute Gasteiger partial charge is 0.490 e. The first-order valence-electron chi connectivity index (χ1n) is 6.42. The highest BCUT2D eigenvalue weighted by atomic mass is 35.5. The first-order valence-corrected chi connectivity index (χ1v) is 6.96. The van der Waals surface area contributed by atoms with E-state index in [1.54, 1.807) is 24.3 Å². The van der Waals surface area contributed by atoms with Crippen molar-refractivity contribution in [2.75, 3.05) is 6.61 Å². The van der Waals surface area contributed by atoms with Crippen LogP contribution in [-0.2, 0) is 12.5 Å². The molecule has 4 heteroatoms. The number of hydrogen-bond acceptors (Lipinski definition) is 2. The van der Waals surface area contributed by atoms with Crippen molar-refractivity contribution in [1.82, 2.24) is 0 Å². The minimum Gasteiger partial charge on any atom is -0.490 e. The summed E-state index contributed by atoms with van der Waals surface area (Å²) >= 11 is 5.80. The summed E-state index contributed by atoms with van der Waals surface area (Å²) in [5.74, 6) is 1.35. The molecule has 2 aromatic rings. The SMILES string of the molecule is CCOc1cc(CCl)ccc1OCc1ccccc1F. The van der Waals surface area contributed by atoms with Gasteiger partial charge in [0.25, 0.3) is 0 Å². The Hall–Kier alpha value is -1.74. The van der Waals surface area contributed by atoms with Gasteiger partial charge in [0.15, 0.2) is 11.5 Å². The molecule has 0 saturated heterocycles. The van der Waals surface area contributed by atoms with Crippen molar-refractivity contribution < 1.29 is 13.9 Å². The normalized spacial score (nSPS) is 10.3. The highest BCUT2D eigenvalue weighted by Gasteiger charge is 2.08. The van der Waals surface area contributed by atoms with Crippen LogP contribution in [0.15, 0.2) is 42.5 Å². The van der Waals surface area contributed by atoms with Crippen LogP contribution in [0, 0.1) is 5.82 Å². The van der Waals surface area contributed by atoms with E-state index in [0.717, 1.165) is 5.56 Å². The summed E-state index contributed by atoms with van der Waals surface area (Å²) in [5.41, 5.74) is 1.46. The maximum absolute atomic E-state index is 13.5. The van der Waals surface area contributed by atoms with Crippen molar-refractivity contribution in [2.45, 2.75) is 19.4 Å². The summed E-state index contributed by atoms with van der Waals surface area (Å²) in [5, 5.41) is 0. The lowest BCUT2D eigenvalue weighted by Crippen LogP contribution is -2.01. The maximum Gasteiger partial charge on any atom is 0.161 e. The van der Waals surface area contributed by atoms with E-state index in [0.29, 0.717) is 29.5 Å². The fourth-order valence-corrected chi connectivity index (χ4v) is 1.96. The highest BCUT2D eigenvalue weighted by molar-refractivity contribution is 6.17. The van der Waals surface area contributed by atoms with Gasteiger partial charge in [-0.3, -0.25) is 0 Å². The van der Waals surface area contributed by atoms with Crippen LogP contribution in [0.25, 0.3) is 0 Å². The topological polar surface area (TPSA) is 18.5 Å². The summed E-state index contributed by atoms with van der Waals surface area (Å²) in [4.78, 5) is 0. The zero-order chi connectivity index (χ0) is 14.4. The van der Waals surface area contributed by atoms with E-state index in [-0.39, 0.29) is 12.4 Å². The van der Waals surface area contributed by atoms with Gasteiger partial charge in [0.2, 0.25) is 0 Å². The lowest BCUT2D eigenvalue weighted by atomic mass is 10.2. The van der Waals surface area contributed by atoms with Gasteiger partial charge in [0.1, 0.15) is 12.4 Å². The lowest BCUT2D eigenvalue weighted by Gasteiger charge is -2.13. The Labute approximate surface area is 123 Å². The van der Waals surface area contributed by atoms with E-state index in [2.05, 4.69) is 0 Å². The van der Waals surface area contributed by atoms with Crippen LogP contribution in [-0.4, -0.2) is 6.61 Å². The van der Waals surface area contributed by atoms with Crippen LogP contribution >= 0.6 is 11.6 Å². The second-order valence-electron chi connectivity index (χ2n) is 4.23. The van der Waals surface area contributed by atoms with Gasteiger partial charge in [-0.25, -0.2) is 4.39 Å². The van der Waals surface area contributed by atoms with Crippen LogP contribution in [0.5, 0.6) is 11.5 Å². The lowest BCUT2D eigenvalue weighted by molar-refractivity contribution is 0.265. The molecule has 0 heterocycles. The average Bonchev–Trinajstić information content (AvgIpc) is 2.47. The summed E-state index contributed by atoms with van der Waals surface area (Å²) in [6, 6.07) is 12.0. The Morgan fingerprint density at radius 1 is 1.05 bits per heavy atom. The summed E-state index contributed by atoms with van der Waals surface area (Å²) < 4.78 is 24.7. The standard InChI is InChI=1S/C16H16ClFO2/c1-2-19-16-9-12(10-17)7-8-15(16)20-11-13-5-3-4-6-14(13)18/h3-9H,2,10-11H2,1H3. The van der Waals surface area contributed by atoms with Gasteiger partial charge in [-0.05, 0) is 30.7 Å². The molecule has 106 valence electrons. The van der Waals surface area contributed by atoms with Gasteiger partial charge < -0.3 is 9.47 Å². The predicted octanol–water partition coefficient (Wildman–Crippen LogP) is 4.54. The van der Waals surface area contributed by atoms with Crippen molar-refractivity contribution >= 4 is 11.6 Å². The van der Waals surface area contributed by atoms with Gasteiger partial charge in [0.05, 0.1) is 6.61 Å². The van der Waals surface area contributed by atoms with Gasteiger partial charge >= 0.3 is 0 Å². The number of hydrogen-bond donors (Lipinski definition) is 0. The van der Waals surface area contributed by atoms with Crippen molar-refractivity contribution in [3.8, 4) is 11.5 Å². The third kappa shape index (κ3) is 3.64. The second-order valence-corrected chi connectivity index (χ2v) is 4.50. The van der Waals surface area contributed by atoms with Crippen molar-refractivity contribution in [3.63, 3.8) is 0 Å². The van der Waals surface area contributed by atoms with Gasteiger partial charge in [-0.15, -0.1) is 11.6 Å². The Bertz CT molecular complexity index is 572. The Balaban J connectivity index is 2.14. The van der Waals surface area contributed by atoms with Gasteiger partial charge in [-0.2, -0.15) is 0 Å². The van der Waals surface area contributed by atoms with E-state index in [1.165, 1.54) is 6.07 Å². The van der Waals surface area contributed by atoms with Crippen LogP contribution in [0.3, 0.4) is 0 Å². The van der Waals surface area contributed by atoms with Crippen LogP contribution in [0.1, 0.15) is 18.1 Å². The summed E-state index contributed by atoms with van der Waals surface area (Å²) in [7, 11) is 0. The first-order chi connectivity index (χ1) is 9.74. The summed E-state index contributed by atoms with van der Waals surface area (Å²) in [6.07, 6.45) is 0. The fourth-order valence-electron chi connectivity index (χ4n) is 1.79.